The Morgan fingerprint density at radius 1 is 0.539 bits per heavy atom. The van der Waals surface area contributed by atoms with Crippen molar-refractivity contribution in [3.63, 3.8) is 0 Å². The molecule has 13 rings (SSSR count). The maximum Gasteiger partial charge on any atom is 0.244 e. The highest BCUT2D eigenvalue weighted by molar-refractivity contribution is 9.10. The summed E-state index contributed by atoms with van der Waals surface area (Å²) < 4.78 is 19.6. The highest BCUT2D eigenvalue weighted by Crippen LogP contribution is 2.44. The Bertz CT molecular complexity index is 4690. The molecule has 3 atom stereocenters. The third kappa shape index (κ3) is 20.5. The Labute approximate surface area is 631 Å². The average Bonchev–Trinajstić information content (AvgIpc) is 1.64. The number of nitrogens with two attached hydrogens (primary N) is 3. The van der Waals surface area contributed by atoms with Crippen LogP contribution in [0.1, 0.15) is 109 Å². The van der Waals surface area contributed by atoms with Crippen LogP contribution < -0.4 is 47.4 Å². The molecule has 3 aromatic carbocycles. The van der Waals surface area contributed by atoms with Gasteiger partial charge in [-0.15, -0.1) is 34.0 Å². The Morgan fingerprint density at radius 2 is 0.941 bits per heavy atom. The highest BCUT2D eigenvalue weighted by Gasteiger charge is 2.31. The van der Waals surface area contributed by atoms with Crippen LogP contribution in [0.3, 0.4) is 0 Å². The number of nitrogens with one attached hydrogen (secondary N) is 3. The fourth-order valence-electron chi connectivity index (χ4n) is 10.8. The number of aryl methyl sites for hydroxylation is 2. The van der Waals surface area contributed by atoms with E-state index in [-0.39, 0.29) is 65.2 Å². The summed E-state index contributed by atoms with van der Waals surface area (Å²) in [6, 6.07) is 31.9. The fraction of sp³-hybridized carbons (Fsp3) is 0.247. The second-order valence-electron chi connectivity index (χ2n) is 23.9. The number of ketones is 3. The number of hydrogen-bond donors (Lipinski definition) is 6. The minimum Gasteiger partial charge on any atom is -0.486 e. The number of aromatic nitrogens is 3. The molecule has 6 aromatic heterocycles. The molecule has 1 saturated heterocycles. The van der Waals surface area contributed by atoms with Gasteiger partial charge in [0.05, 0.1) is 70.0 Å². The molecule has 21 nitrogen and oxygen atoms in total. The topological polar surface area (TPSA) is 320 Å². The predicted molar refractivity (Wildman–Crippen MR) is 407 cm³/mol. The number of Topliss-reactive ketones (excluding diaryl/α,β-unsaturated/α-hetero) is 3. The van der Waals surface area contributed by atoms with Gasteiger partial charge in [0.25, 0.3) is 0 Å². The Morgan fingerprint density at radius 3 is 1.30 bits per heavy atom. The zero-order valence-electron chi connectivity index (χ0n) is 55.0. The van der Waals surface area contributed by atoms with Crippen molar-refractivity contribution < 1.29 is 52.6 Å². The summed E-state index contributed by atoms with van der Waals surface area (Å²) in [5.74, 6) is 2.84. The van der Waals surface area contributed by atoms with Gasteiger partial charge in [-0.05, 0) is 186 Å². The number of pyridine rings is 3. The van der Waals surface area contributed by atoms with Gasteiger partial charge in [0.15, 0.2) is 17.3 Å². The summed E-state index contributed by atoms with van der Waals surface area (Å²) in [6.07, 6.45) is 12.1. The minimum atomic E-state index is -0.224. The number of nitrogen functional groups attached to an aromatic ring is 3. The maximum absolute atomic E-state index is 12.3. The van der Waals surface area contributed by atoms with Crippen LogP contribution in [0, 0.1) is 0 Å². The van der Waals surface area contributed by atoms with E-state index in [1.807, 2.05) is 84.9 Å². The van der Waals surface area contributed by atoms with Gasteiger partial charge in [-0.3, -0.25) is 38.4 Å². The van der Waals surface area contributed by atoms with Crippen LogP contribution >= 0.6 is 101 Å². The van der Waals surface area contributed by atoms with Gasteiger partial charge < -0.3 is 47.4 Å². The van der Waals surface area contributed by atoms with E-state index in [0.717, 1.165) is 82.9 Å². The molecule has 10 heterocycles. The number of carbonyl (C=O) groups excluding carboxylic acids is 8. The van der Waals surface area contributed by atoms with E-state index in [9.17, 15) is 38.4 Å². The lowest BCUT2D eigenvalue weighted by Gasteiger charge is -2.12. The van der Waals surface area contributed by atoms with Crippen LogP contribution in [0.5, 0.6) is 17.2 Å². The van der Waals surface area contributed by atoms with Gasteiger partial charge in [-0.1, -0.05) is 40.9 Å². The number of thiophene rings is 3. The molecular weight excluding hydrogens is 1560 g/mol. The van der Waals surface area contributed by atoms with Gasteiger partial charge in [0, 0.05) is 101 Å². The van der Waals surface area contributed by atoms with Gasteiger partial charge >= 0.3 is 0 Å². The largest absolute Gasteiger partial charge is 0.486 e. The van der Waals surface area contributed by atoms with Crippen molar-refractivity contribution in [3.05, 3.63) is 195 Å². The first-order chi connectivity index (χ1) is 48.8. The highest BCUT2D eigenvalue weighted by atomic mass is 79.9. The Balaban J connectivity index is 0.000000156. The number of anilines is 3. The molecule has 4 aliphatic heterocycles. The molecule has 0 radical (unpaired) electrons. The molecule has 0 saturated carbocycles. The molecule has 29 heteroatoms. The van der Waals surface area contributed by atoms with Gasteiger partial charge in [-0.2, -0.15) is 0 Å². The molecule has 102 heavy (non-hydrogen) atoms. The molecule has 4 aliphatic rings. The first kappa shape index (κ1) is 75.8. The molecule has 9 aromatic rings. The quantitative estimate of drug-likeness (QED) is 0.0179. The molecule has 0 bridgehead atoms. The van der Waals surface area contributed by atoms with E-state index >= 15 is 0 Å². The molecule has 0 aliphatic carbocycles. The number of ether oxygens (including phenoxy) is 3. The zero-order chi connectivity index (χ0) is 72.9. The lowest BCUT2D eigenvalue weighted by Crippen LogP contribution is -2.34. The average molecular weight is 1620 g/mol. The summed E-state index contributed by atoms with van der Waals surface area (Å²) in [4.78, 5) is 109. The molecule has 3 unspecified atom stereocenters. The van der Waals surface area contributed by atoms with Crippen molar-refractivity contribution in [2.45, 2.75) is 96.9 Å². The number of hydrogen-bond acceptors (Lipinski definition) is 20. The van der Waals surface area contributed by atoms with Crippen molar-refractivity contribution in [2.24, 2.45) is 0 Å². The number of carbonyl (C=O) groups is 8. The van der Waals surface area contributed by atoms with E-state index in [1.54, 1.807) is 63.6 Å². The van der Waals surface area contributed by atoms with Crippen molar-refractivity contribution in [1.29, 1.82) is 0 Å². The van der Waals surface area contributed by atoms with Gasteiger partial charge in [0.2, 0.25) is 29.5 Å². The number of rotatable bonds is 20. The summed E-state index contributed by atoms with van der Waals surface area (Å²) in [5, 5.41) is 10.3. The zero-order valence-corrected chi connectivity index (χ0v) is 62.9. The normalized spacial score (nSPS) is 15.2. The number of halogens is 5. The first-order valence-corrected chi connectivity index (χ1v) is 37.0. The number of nitrogens with zero attached hydrogens (tertiary/aromatic N) is 4. The molecule has 1 fully saturated rings. The third-order valence-corrected chi connectivity index (χ3v) is 22.1. The van der Waals surface area contributed by atoms with Crippen molar-refractivity contribution in [2.75, 3.05) is 36.8 Å². The maximum atomic E-state index is 12.3. The Hall–Kier alpha value is -8.86. The van der Waals surface area contributed by atoms with E-state index < -0.39 is 0 Å². The van der Waals surface area contributed by atoms with E-state index in [1.165, 1.54) is 40.1 Å². The van der Waals surface area contributed by atoms with Crippen LogP contribution in [-0.2, 0) is 56.1 Å². The summed E-state index contributed by atoms with van der Waals surface area (Å²) >= 11 is 29.9. The summed E-state index contributed by atoms with van der Waals surface area (Å²) in [5.41, 5.74) is 25.4. The molecule has 0 spiro atoms. The van der Waals surface area contributed by atoms with Gasteiger partial charge in [0.1, 0.15) is 53.0 Å². The molecule has 528 valence electrons. The standard InChI is InChI=1S/C23H21BrClN3O3S.C23H22ClN3O3S.C23H20ClN3O3S.C4H4BrNO2/c1-12(29)19-3-4-20(32-19)14-7-15-8-16(31-22(15)18(25)9-14)11-27-21(30)5-2-13-6-17(24)23(26)28-10-13;2*1-13(28)19-4-5-20(31-19)15-8-16-9-17(30-23(16)18(24)10-15)12-27-22(29)7-3-14-2-6-21(25)26-11-14;5-6-3(7)1-2-4(6)8/h3-4,6-7,9-10,16H,2,5,8,11H2,1H3,(H2,26,28)(H,27,30);2,4-6,8,10-11,17H,3,7,9,12H2,1H3,(H2,25,26)(H,27,29);2-8,10-11,17H,9,12H2,1H3,(H2,25,26)(H,27,29);1-2H2/b;;7-3+;. The molecule has 5 amide bonds. The van der Waals surface area contributed by atoms with E-state index in [0.29, 0.717) is 132 Å². The fourth-order valence-corrected chi connectivity index (χ4v) is 15.1. The van der Waals surface area contributed by atoms with E-state index in [2.05, 4.69) is 63.0 Å². The second-order valence-corrected chi connectivity index (χ2v) is 29.9. The smallest absolute Gasteiger partial charge is 0.244 e. The number of amides is 5. The summed E-state index contributed by atoms with van der Waals surface area (Å²) in [7, 11) is 0. The molecule has 9 N–H and O–H groups in total. The lowest BCUT2D eigenvalue weighted by atomic mass is 10.1. The SMILES string of the molecule is CC(=O)c1ccc(-c2cc(Cl)c3c(c2)CC(CNC(=O)/C=C/c2ccc(N)nc2)O3)s1.CC(=O)c1ccc(-c2cc(Cl)c3c(c2)CC(CNC(=O)CCc2ccc(N)nc2)O3)s1.CC(=O)c1ccc(-c2cc(Cl)c3c(c2)CC(CNC(=O)CCc2cnc(N)c(Br)c2)O3)s1.O=C1CCC(=O)N1Br. The van der Waals surface area contributed by atoms with E-state index in [4.69, 9.17) is 66.2 Å². The van der Waals surface area contributed by atoms with Gasteiger partial charge in [-0.25, -0.2) is 18.9 Å². The number of fused-ring (bicyclic) bond motifs is 3. The third-order valence-electron chi connectivity index (χ3n) is 16.1. The van der Waals surface area contributed by atoms with Crippen LogP contribution in [0.2, 0.25) is 15.1 Å². The van der Waals surface area contributed by atoms with Crippen LogP contribution in [0.4, 0.5) is 17.5 Å². The Kier molecular flexibility index (Phi) is 25.9. The minimum absolute atomic E-state index is 0.0430. The lowest BCUT2D eigenvalue weighted by molar-refractivity contribution is -0.131. The number of benzene rings is 3. The first-order valence-electron chi connectivity index (χ1n) is 31.9. The van der Waals surface area contributed by atoms with Crippen molar-refractivity contribution >= 4 is 171 Å². The van der Waals surface area contributed by atoms with Crippen molar-refractivity contribution in [3.8, 4) is 48.6 Å². The van der Waals surface area contributed by atoms with Crippen LogP contribution in [0.25, 0.3) is 37.4 Å². The second kappa shape index (κ2) is 34.9. The van der Waals surface area contributed by atoms with Crippen molar-refractivity contribution in [1.82, 2.24) is 34.8 Å². The predicted octanol–water partition coefficient (Wildman–Crippen LogP) is 14.2. The molecular formula is C73H67Br2Cl3N10O11S3. The van der Waals surface area contributed by atoms with Crippen LogP contribution in [-0.4, -0.2) is 104 Å². The summed E-state index contributed by atoms with van der Waals surface area (Å²) in [6.45, 7) is 5.84. The monoisotopic (exact) mass is 1620 g/mol. The van der Waals surface area contributed by atoms with Crippen LogP contribution in [0.15, 0.2) is 132 Å². The number of imide groups is 1.